The molecule has 36 heavy (non-hydrogen) atoms. The normalized spacial score (nSPS) is 13.9. The van der Waals surface area contributed by atoms with Gasteiger partial charge in [0.05, 0.1) is 12.6 Å². The van der Waals surface area contributed by atoms with Crippen molar-refractivity contribution in [3.8, 4) is 17.2 Å². The summed E-state index contributed by atoms with van der Waals surface area (Å²) in [6, 6.07) is 8.07. The van der Waals surface area contributed by atoms with Crippen LogP contribution in [0.2, 0.25) is 0 Å². The van der Waals surface area contributed by atoms with Crippen molar-refractivity contribution in [1.82, 2.24) is 25.5 Å². The highest BCUT2D eigenvalue weighted by molar-refractivity contribution is 6.04. The van der Waals surface area contributed by atoms with Crippen LogP contribution >= 0.6 is 0 Å². The predicted molar refractivity (Wildman–Crippen MR) is 129 cm³/mol. The third-order valence-corrected chi connectivity index (χ3v) is 5.91. The summed E-state index contributed by atoms with van der Waals surface area (Å²) in [6.07, 6.45) is 3.53. The number of hydrogen-bond donors (Lipinski definition) is 2. The van der Waals surface area contributed by atoms with Crippen molar-refractivity contribution in [3.05, 3.63) is 53.9 Å². The van der Waals surface area contributed by atoms with E-state index in [1.807, 2.05) is 12.0 Å². The summed E-state index contributed by atoms with van der Waals surface area (Å²) in [4.78, 5) is 35.2. The number of aromatic amines is 1. The first-order chi connectivity index (χ1) is 17.5. The van der Waals surface area contributed by atoms with E-state index in [-0.39, 0.29) is 11.4 Å². The van der Waals surface area contributed by atoms with E-state index in [2.05, 4.69) is 20.4 Å². The number of benzene rings is 2. The Morgan fingerprint density at radius 3 is 2.72 bits per heavy atom. The van der Waals surface area contributed by atoms with Crippen LogP contribution in [-0.2, 0) is 4.84 Å². The van der Waals surface area contributed by atoms with E-state index in [1.54, 1.807) is 24.3 Å². The molecular weight excluding hydrogens is 469 g/mol. The molecule has 0 unspecified atom stereocenters. The molecule has 2 aromatic carbocycles. The molecule has 1 aliphatic heterocycles. The number of aromatic nitrogens is 3. The number of ether oxygens (including phenoxy) is 2. The predicted octanol–water partition coefficient (Wildman–Crippen LogP) is 3.70. The van der Waals surface area contributed by atoms with Crippen LogP contribution in [0.15, 0.2) is 36.7 Å². The Kier molecular flexibility index (Phi) is 6.83. The molecule has 4 aromatic rings. The van der Waals surface area contributed by atoms with Crippen LogP contribution < -0.4 is 19.8 Å². The molecule has 5 rings (SSSR count). The van der Waals surface area contributed by atoms with Crippen molar-refractivity contribution in [3.63, 3.8) is 0 Å². The minimum Gasteiger partial charge on any atom is -0.493 e. The number of fused-ring (bicyclic) bond motifs is 2. The first-order valence-electron chi connectivity index (χ1n) is 11.6. The molecule has 2 aromatic heterocycles. The zero-order valence-electron chi connectivity index (χ0n) is 20.0. The number of carbonyl (C=O) groups excluding carboxylic acids is 1. The minimum atomic E-state index is -0.665. The van der Waals surface area contributed by atoms with E-state index in [4.69, 9.17) is 19.1 Å². The lowest BCUT2D eigenvalue weighted by atomic mass is 10.1. The Morgan fingerprint density at radius 2 is 1.92 bits per heavy atom. The van der Waals surface area contributed by atoms with Gasteiger partial charge >= 0.3 is 5.91 Å². The van der Waals surface area contributed by atoms with Crippen molar-refractivity contribution in [1.29, 1.82) is 0 Å². The number of amides is 1. The molecule has 0 radical (unpaired) electrons. The van der Waals surface area contributed by atoms with Gasteiger partial charge in [0, 0.05) is 41.1 Å². The van der Waals surface area contributed by atoms with Gasteiger partial charge in [-0.1, -0.05) is 0 Å². The summed E-state index contributed by atoms with van der Waals surface area (Å²) < 4.78 is 26.1. The molecule has 0 bridgehead atoms. The van der Waals surface area contributed by atoms with Gasteiger partial charge in [-0.2, -0.15) is 10.5 Å². The molecule has 3 heterocycles. The molecule has 1 aliphatic rings. The number of halogens is 1. The third kappa shape index (κ3) is 4.88. The lowest BCUT2D eigenvalue weighted by Crippen LogP contribution is -2.28. The van der Waals surface area contributed by atoms with Crippen LogP contribution in [0, 0.1) is 12.7 Å². The SMILES string of the molecule is COc1cc2c(C(=O)NOc3ccc4[nH]c(C)cc4c3F)ncnc2cc1OCCON1CCCC1. The van der Waals surface area contributed by atoms with Crippen LogP contribution in [0.3, 0.4) is 0 Å². The van der Waals surface area contributed by atoms with E-state index in [1.165, 1.54) is 19.5 Å². The molecular formula is C25H26FN5O5. The van der Waals surface area contributed by atoms with E-state index in [9.17, 15) is 9.18 Å². The van der Waals surface area contributed by atoms with Crippen LogP contribution in [0.25, 0.3) is 21.8 Å². The van der Waals surface area contributed by atoms with Gasteiger partial charge in [-0.15, -0.1) is 0 Å². The number of H-pyrrole nitrogens is 1. The van der Waals surface area contributed by atoms with Crippen molar-refractivity contribution in [2.45, 2.75) is 19.8 Å². The fourth-order valence-electron chi connectivity index (χ4n) is 4.17. The number of methoxy groups -OCH3 is 1. The number of rotatable bonds is 9. The monoisotopic (exact) mass is 495 g/mol. The Hall–Kier alpha value is -3.96. The summed E-state index contributed by atoms with van der Waals surface area (Å²) in [6.45, 7) is 4.41. The van der Waals surface area contributed by atoms with E-state index in [0.717, 1.165) is 31.6 Å². The van der Waals surface area contributed by atoms with Crippen molar-refractivity contribution < 1.29 is 28.3 Å². The van der Waals surface area contributed by atoms with Crippen molar-refractivity contribution >= 4 is 27.7 Å². The molecule has 0 aliphatic carbocycles. The van der Waals surface area contributed by atoms with Gasteiger partial charge in [-0.25, -0.2) is 14.4 Å². The molecule has 2 N–H and O–H groups in total. The maximum absolute atomic E-state index is 14.8. The Labute approximate surface area is 206 Å². The molecule has 0 atom stereocenters. The standard InChI is InChI=1S/C25H26FN5O5/c1-15-11-16-18(29-15)5-6-20(23(16)26)36-30-25(32)24-17-12-21(33-2)22(13-19(17)27-14-28-24)34-9-10-35-31-7-3-4-8-31/h5-6,11-14,29H,3-4,7-10H2,1-2H3,(H,30,32). The molecule has 0 spiro atoms. The average Bonchev–Trinajstić information content (AvgIpc) is 3.54. The van der Waals surface area contributed by atoms with Gasteiger partial charge in [-0.3, -0.25) is 9.63 Å². The van der Waals surface area contributed by atoms with Gasteiger partial charge in [0.2, 0.25) is 0 Å². The lowest BCUT2D eigenvalue weighted by Gasteiger charge is -2.16. The summed E-state index contributed by atoms with van der Waals surface area (Å²) >= 11 is 0. The number of nitrogens with zero attached hydrogens (tertiary/aromatic N) is 3. The highest BCUT2D eigenvalue weighted by Crippen LogP contribution is 2.33. The van der Waals surface area contributed by atoms with E-state index >= 15 is 0 Å². The van der Waals surface area contributed by atoms with Gasteiger partial charge < -0.3 is 19.3 Å². The number of carbonyl (C=O) groups is 1. The highest BCUT2D eigenvalue weighted by atomic mass is 19.1. The molecule has 1 amide bonds. The van der Waals surface area contributed by atoms with Gasteiger partial charge in [-0.05, 0) is 44.0 Å². The lowest BCUT2D eigenvalue weighted by molar-refractivity contribution is -0.148. The summed E-state index contributed by atoms with van der Waals surface area (Å²) in [5, 5.41) is 2.73. The number of aryl methyl sites for hydroxylation is 1. The quantitative estimate of drug-likeness (QED) is 0.267. The van der Waals surface area contributed by atoms with E-state index < -0.39 is 11.7 Å². The molecule has 188 valence electrons. The summed E-state index contributed by atoms with van der Waals surface area (Å²) in [5.74, 6) is -0.484. The first-order valence-corrected chi connectivity index (χ1v) is 11.6. The third-order valence-electron chi connectivity index (χ3n) is 5.91. The molecule has 11 heteroatoms. The van der Waals surface area contributed by atoms with Crippen LogP contribution in [0.1, 0.15) is 29.0 Å². The Bertz CT molecular complexity index is 1400. The van der Waals surface area contributed by atoms with Crippen LogP contribution in [0.5, 0.6) is 17.2 Å². The van der Waals surface area contributed by atoms with Gasteiger partial charge in [0.15, 0.2) is 23.1 Å². The molecule has 1 fully saturated rings. The molecule has 10 nitrogen and oxygen atoms in total. The average molecular weight is 496 g/mol. The number of hydroxylamine groups is 3. The van der Waals surface area contributed by atoms with Gasteiger partial charge in [0.25, 0.3) is 0 Å². The second-order valence-electron chi connectivity index (χ2n) is 8.38. The highest BCUT2D eigenvalue weighted by Gasteiger charge is 2.19. The fourth-order valence-corrected chi connectivity index (χ4v) is 4.17. The molecule has 1 saturated heterocycles. The largest absolute Gasteiger partial charge is 0.493 e. The number of nitrogens with one attached hydrogen (secondary N) is 2. The smallest absolute Gasteiger partial charge is 0.303 e. The minimum absolute atomic E-state index is 0.0428. The second-order valence-corrected chi connectivity index (χ2v) is 8.38. The Morgan fingerprint density at radius 1 is 1.08 bits per heavy atom. The molecule has 0 saturated carbocycles. The maximum Gasteiger partial charge on any atom is 0.303 e. The van der Waals surface area contributed by atoms with Crippen molar-refractivity contribution in [2.24, 2.45) is 0 Å². The zero-order valence-corrected chi connectivity index (χ0v) is 20.0. The van der Waals surface area contributed by atoms with Crippen LogP contribution in [-0.4, -0.2) is 59.3 Å². The zero-order chi connectivity index (χ0) is 25.1. The Balaban J connectivity index is 1.30. The second kappa shape index (κ2) is 10.3. The van der Waals surface area contributed by atoms with Gasteiger partial charge in [0.1, 0.15) is 25.2 Å². The first kappa shape index (κ1) is 23.8. The fraction of sp³-hybridized carbons (Fsp3) is 0.320. The van der Waals surface area contributed by atoms with Crippen LogP contribution in [0.4, 0.5) is 4.39 Å². The van der Waals surface area contributed by atoms with E-state index in [0.29, 0.717) is 46.5 Å². The summed E-state index contributed by atoms with van der Waals surface area (Å²) in [7, 11) is 1.50. The number of hydrogen-bond acceptors (Lipinski definition) is 8. The van der Waals surface area contributed by atoms with Crippen molar-refractivity contribution in [2.75, 3.05) is 33.4 Å². The maximum atomic E-state index is 14.8. The topological polar surface area (TPSA) is 111 Å². The summed E-state index contributed by atoms with van der Waals surface area (Å²) in [5.41, 5.74) is 4.24.